The molecule has 1 fully saturated rings. The Labute approximate surface area is 168 Å². The molecule has 2 unspecified atom stereocenters. The molecule has 0 N–H and O–H groups in total. The zero-order valence-corrected chi connectivity index (χ0v) is 17.3. The first-order chi connectivity index (χ1) is 12.8. The Morgan fingerprint density at radius 2 is 1.78 bits per heavy atom. The third-order valence-electron chi connectivity index (χ3n) is 5.01. The summed E-state index contributed by atoms with van der Waals surface area (Å²) in [6.45, 7) is 8.20. The van der Waals surface area contributed by atoms with Gasteiger partial charge in [0.15, 0.2) is 0 Å². The summed E-state index contributed by atoms with van der Waals surface area (Å²) in [5.74, 6) is -0.327. The van der Waals surface area contributed by atoms with Gasteiger partial charge in [-0.25, -0.2) is 9.69 Å². The molecule has 0 spiro atoms. The fourth-order valence-electron chi connectivity index (χ4n) is 3.44. The van der Waals surface area contributed by atoms with Gasteiger partial charge in [0.2, 0.25) is 0 Å². The topological polar surface area (TPSA) is 58.4 Å². The lowest BCUT2D eigenvalue weighted by atomic mass is 10.1. The second-order valence-corrected chi connectivity index (χ2v) is 7.54. The molecule has 0 saturated carbocycles. The standard InChI is InChI=1S/C19H22Cl2N4O2/c1-5-11(3)25-12(4)16(10-22-25)24-18(26)17(23(6-2)19(24)27)13-7-14(20)9-15(21)8-13/h7-11,17H,5-6H2,1-4H3. The van der Waals surface area contributed by atoms with Crippen molar-refractivity contribution in [1.29, 1.82) is 0 Å². The Morgan fingerprint density at radius 1 is 1.15 bits per heavy atom. The fraction of sp³-hybridized carbons (Fsp3) is 0.421. The van der Waals surface area contributed by atoms with E-state index in [1.165, 1.54) is 9.80 Å². The number of benzene rings is 1. The van der Waals surface area contributed by atoms with E-state index in [0.29, 0.717) is 27.8 Å². The van der Waals surface area contributed by atoms with Crippen molar-refractivity contribution in [2.45, 2.75) is 46.2 Å². The molecule has 2 aromatic rings. The number of rotatable bonds is 5. The quantitative estimate of drug-likeness (QED) is 0.653. The molecule has 27 heavy (non-hydrogen) atoms. The number of halogens is 2. The molecule has 144 valence electrons. The number of carbonyl (C=O) groups is 2. The molecule has 8 heteroatoms. The molecule has 1 aromatic carbocycles. The number of carbonyl (C=O) groups excluding carboxylic acids is 2. The van der Waals surface area contributed by atoms with Crippen molar-refractivity contribution in [3.63, 3.8) is 0 Å². The van der Waals surface area contributed by atoms with Gasteiger partial charge in [-0.1, -0.05) is 30.1 Å². The molecule has 1 aromatic heterocycles. The van der Waals surface area contributed by atoms with Gasteiger partial charge in [-0.05, 0) is 51.0 Å². The molecule has 1 saturated heterocycles. The van der Waals surface area contributed by atoms with Gasteiger partial charge >= 0.3 is 6.03 Å². The molecular formula is C19H22Cl2N4O2. The highest BCUT2D eigenvalue weighted by Gasteiger charge is 2.47. The number of imide groups is 1. The number of amides is 3. The van der Waals surface area contributed by atoms with Crippen LogP contribution in [0.25, 0.3) is 0 Å². The van der Waals surface area contributed by atoms with Crippen LogP contribution in [0.15, 0.2) is 24.4 Å². The minimum atomic E-state index is -0.759. The van der Waals surface area contributed by atoms with E-state index in [-0.39, 0.29) is 18.0 Å². The molecule has 1 aliphatic rings. The highest BCUT2D eigenvalue weighted by molar-refractivity contribution is 6.34. The van der Waals surface area contributed by atoms with E-state index in [2.05, 4.69) is 12.0 Å². The van der Waals surface area contributed by atoms with E-state index in [1.54, 1.807) is 24.4 Å². The van der Waals surface area contributed by atoms with Crippen LogP contribution in [0.5, 0.6) is 0 Å². The Balaban J connectivity index is 2.05. The number of hydrogen-bond donors (Lipinski definition) is 0. The average Bonchev–Trinajstić information content (AvgIpc) is 3.10. The van der Waals surface area contributed by atoms with Crippen LogP contribution < -0.4 is 4.90 Å². The van der Waals surface area contributed by atoms with E-state index in [1.807, 2.05) is 25.5 Å². The Morgan fingerprint density at radius 3 is 2.33 bits per heavy atom. The Hall–Kier alpha value is -2.05. The summed E-state index contributed by atoms with van der Waals surface area (Å²) in [6, 6.07) is 4.00. The summed E-state index contributed by atoms with van der Waals surface area (Å²) in [5, 5.41) is 5.23. The summed E-state index contributed by atoms with van der Waals surface area (Å²) in [7, 11) is 0. The second kappa shape index (κ2) is 7.52. The predicted molar refractivity (Wildman–Crippen MR) is 106 cm³/mol. The van der Waals surface area contributed by atoms with Crippen LogP contribution in [-0.4, -0.2) is 33.2 Å². The van der Waals surface area contributed by atoms with Crippen molar-refractivity contribution in [2.24, 2.45) is 0 Å². The number of hydrogen-bond acceptors (Lipinski definition) is 3. The van der Waals surface area contributed by atoms with Crippen LogP contribution in [0.2, 0.25) is 10.0 Å². The minimum absolute atomic E-state index is 0.177. The maximum Gasteiger partial charge on any atom is 0.332 e. The minimum Gasteiger partial charge on any atom is -0.308 e. The Bertz CT molecular complexity index is 876. The number of urea groups is 1. The fourth-order valence-corrected chi connectivity index (χ4v) is 3.98. The van der Waals surface area contributed by atoms with E-state index in [9.17, 15) is 9.59 Å². The van der Waals surface area contributed by atoms with Gasteiger partial charge < -0.3 is 4.90 Å². The van der Waals surface area contributed by atoms with E-state index in [4.69, 9.17) is 23.2 Å². The zero-order valence-electron chi connectivity index (χ0n) is 15.7. The highest BCUT2D eigenvalue weighted by Crippen LogP contribution is 2.37. The summed E-state index contributed by atoms with van der Waals surface area (Å²) in [6.07, 6.45) is 2.48. The van der Waals surface area contributed by atoms with Crippen molar-refractivity contribution in [3.8, 4) is 0 Å². The van der Waals surface area contributed by atoms with Gasteiger partial charge in [0.05, 0.1) is 17.6 Å². The maximum absolute atomic E-state index is 13.2. The molecule has 2 atom stereocenters. The van der Waals surface area contributed by atoms with Gasteiger partial charge in [-0.3, -0.25) is 9.48 Å². The van der Waals surface area contributed by atoms with Crippen molar-refractivity contribution < 1.29 is 9.59 Å². The van der Waals surface area contributed by atoms with Crippen LogP contribution in [-0.2, 0) is 4.79 Å². The van der Waals surface area contributed by atoms with E-state index in [0.717, 1.165) is 12.1 Å². The number of anilines is 1. The molecular weight excluding hydrogens is 387 g/mol. The smallest absolute Gasteiger partial charge is 0.308 e. The predicted octanol–water partition coefficient (Wildman–Crippen LogP) is 5.00. The molecule has 6 nitrogen and oxygen atoms in total. The third-order valence-corrected chi connectivity index (χ3v) is 5.45. The maximum atomic E-state index is 13.2. The molecule has 2 heterocycles. The lowest BCUT2D eigenvalue weighted by Crippen LogP contribution is -2.33. The first-order valence-corrected chi connectivity index (χ1v) is 9.70. The molecule has 0 aliphatic carbocycles. The van der Waals surface area contributed by atoms with Gasteiger partial charge in [-0.15, -0.1) is 0 Å². The Kier molecular flexibility index (Phi) is 5.49. The van der Waals surface area contributed by atoms with E-state index >= 15 is 0 Å². The molecule has 3 rings (SSSR count). The SMILES string of the molecule is CCC(C)n1ncc(N2C(=O)C(c3cc(Cl)cc(Cl)c3)N(CC)C2=O)c1C. The molecule has 0 bridgehead atoms. The van der Waals surface area contributed by atoms with E-state index < -0.39 is 6.04 Å². The van der Waals surface area contributed by atoms with Gasteiger partial charge in [0, 0.05) is 22.6 Å². The van der Waals surface area contributed by atoms with Crippen molar-refractivity contribution in [1.82, 2.24) is 14.7 Å². The molecule has 0 radical (unpaired) electrons. The number of aromatic nitrogens is 2. The van der Waals surface area contributed by atoms with Crippen molar-refractivity contribution >= 4 is 40.8 Å². The monoisotopic (exact) mass is 408 g/mol. The van der Waals surface area contributed by atoms with Crippen LogP contribution in [0.3, 0.4) is 0 Å². The summed E-state index contributed by atoms with van der Waals surface area (Å²) in [5.41, 5.74) is 1.90. The first-order valence-electron chi connectivity index (χ1n) is 8.94. The summed E-state index contributed by atoms with van der Waals surface area (Å²) in [4.78, 5) is 29.0. The van der Waals surface area contributed by atoms with Crippen LogP contribution in [0, 0.1) is 6.92 Å². The van der Waals surface area contributed by atoms with Gasteiger partial charge in [-0.2, -0.15) is 5.10 Å². The highest BCUT2D eigenvalue weighted by atomic mass is 35.5. The third kappa shape index (κ3) is 3.32. The molecule has 1 aliphatic heterocycles. The lowest BCUT2D eigenvalue weighted by Gasteiger charge is -2.20. The lowest BCUT2D eigenvalue weighted by molar-refractivity contribution is -0.119. The van der Waals surface area contributed by atoms with Crippen LogP contribution in [0.1, 0.15) is 50.5 Å². The second-order valence-electron chi connectivity index (χ2n) is 6.66. The first kappa shape index (κ1) is 19.7. The zero-order chi connectivity index (χ0) is 19.9. The van der Waals surface area contributed by atoms with Gasteiger partial charge in [0.1, 0.15) is 6.04 Å². The number of nitrogens with zero attached hydrogens (tertiary/aromatic N) is 4. The van der Waals surface area contributed by atoms with Crippen LogP contribution in [0.4, 0.5) is 10.5 Å². The van der Waals surface area contributed by atoms with Crippen molar-refractivity contribution in [3.05, 3.63) is 45.7 Å². The summed E-state index contributed by atoms with van der Waals surface area (Å²) >= 11 is 12.2. The largest absolute Gasteiger partial charge is 0.332 e. The normalized spacial score (nSPS) is 18.5. The summed E-state index contributed by atoms with van der Waals surface area (Å²) < 4.78 is 1.84. The van der Waals surface area contributed by atoms with Crippen molar-refractivity contribution in [2.75, 3.05) is 11.4 Å². The average molecular weight is 409 g/mol. The molecule has 3 amide bonds. The van der Waals surface area contributed by atoms with Gasteiger partial charge in [0.25, 0.3) is 5.91 Å². The number of likely N-dealkylation sites (N-methyl/N-ethyl adjacent to an activating group) is 1. The van der Waals surface area contributed by atoms with Crippen LogP contribution >= 0.6 is 23.2 Å².